The molecule has 0 aliphatic carbocycles. The Morgan fingerprint density at radius 2 is 1.74 bits per heavy atom. The molecule has 1 unspecified atom stereocenters. The SMILES string of the molecule is COc1ccc(Cl)c(/C(O)=C2\C(=O)C(=O)N(c3ccc(Cl)cc3)C2c2c(C)[nH]c3ccccc23)c1. The van der Waals surface area contributed by atoms with E-state index in [1.165, 1.54) is 18.1 Å². The molecule has 2 heterocycles. The number of Topliss-reactive ketones (excluding diaryl/α,β-unsaturated/α-hetero) is 1. The monoisotopic (exact) mass is 506 g/mol. The number of carbonyl (C=O) groups excluding carboxylic acids is 2. The number of aromatic nitrogens is 1. The minimum atomic E-state index is -0.908. The molecule has 0 saturated carbocycles. The number of ketones is 1. The summed E-state index contributed by atoms with van der Waals surface area (Å²) < 4.78 is 5.28. The van der Waals surface area contributed by atoms with Crippen molar-refractivity contribution in [3.8, 4) is 5.75 Å². The highest BCUT2D eigenvalue weighted by Gasteiger charge is 2.48. The first-order valence-corrected chi connectivity index (χ1v) is 11.5. The van der Waals surface area contributed by atoms with Gasteiger partial charge in [0.05, 0.1) is 23.7 Å². The summed E-state index contributed by atoms with van der Waals surface area (Å²) in [6.45, 7) is 1.87. The minimum Gasteiger partial charge on any atom is -0.507 e. The van der Waals surface area contributed by atoms with Crippen molar-refractivity contribution in [3.63, 3.8) is 0 Å². The van der Waals surface area contributed by atoms with Gasteiger partial charge in [0, 0.05) is 38.4 Å². The zero-order valence-electron chi connectivity index (χ0n) is 18.8. The Bertz CT molecular complexity index is 1520. The number of para-hydroxylation sites is 1. The molecule has 6 nitrogen and oxygen atoms in total. The molecule has 35 heavy (non-hydrogen) atoms. The van der Waals surface area contributed by atoms with Crippen LogP contribution in [0.2, 0.25) is 10.0 Å². The molecule has 0 bridgehead atoms. The van der Waals surface area contributed by atoms with E-state index in [0.717, 1.165) is 16.6 Å². The number of fused-ring (bicyclic) bond motifs is 1. The zero-order valence-corrected chi connectivity index (χ0v) is 20.3. The van der Waals surface area contributed by atoms with Crippen LogP contribution in [0.15, 0.2) is 72.3 Å². The van der Waals surface area contributed by atoms with E-state index in [4.69, 9.17) is 27.9 Å². The molecule has 1 amide bonds. The number of aliphatic hydroxyl groups excluding tert-OH is 1. The van der Waals surface area contributed by atoms with Gasteiger partial charge in [-0.1, -0.05) is 41.4 Å². The van der Waals surface area contributed by atoms with E-state index in [-0.39, 0.29) is 21.9 Å². The first kappa shape index (κ1) is 23.0. The van der Waals surface area contributed by atoms with Crippen molar-refractivity contribution in [3.05, 3.63) is 99.2 Å². The molecule has 1 aliphatic rings. The molecule has 1 saturated heterocycles. The smallest absolute Gasteiger partial charge is 0.300 e. The van der Waals surface area contributed by atoms with Crippen molar-refractivity contribution in [2.75, 3.05) is 12.0 Å². The lowest BCUT2D eigenvalue weighted by molar-refractivity contribution is -0.132. The molecular formula is C27H20Cl2N2O4. The summed E-state index contributed by atoms with van der Waals surface area (Å²) in [6.07, 6.45) is 0. The van der Waals surface area contributed by atoms with Crippen molar-refractivity contribution >= 4 is 57.2 Å². The van der Waals surface area contributed by atoms with Gasteiger partial charge >= 0.3 is 0 Å². The number of carbonyl (C=O) groups is 2. The van der Waals surface area contributed by atoms with Gasteiger partial charge in [0.25, 0.3) is 11.7 Å². The number of aliphatic hydroxyl groups is 1. The standard InChI is InChI=1S/C27H20Cl2N2O4/c1-14-22(18-5-3-4-6-21(18)30-14)24-23(25(32)19-13-17(35-2)11-12-20(19)29)26(33)27(34)31(24)16-9-7-15(28)8-10-16/h3-13,24,30,32H,1-2H3/b25-23+. The van der Waals surface area contributed by atoms with Crippen molar-refractivity contribution in [2.24, 2.45) is 0 Å². The molecule has 2 N–H and O–H groups in total. The number of hydrogen-bond donors (Lipinski definition) is 2. The fraction of sp³-hybridized carbons (Fsp3) is 0.111. The average molecular weight is 507 g/mol. The fourth-order valence-electron chi connectivity index (χ4n) is 4.58. The summed E-state index contributed by atoms with van der Waals surface area (Å²) in [5.41, 5.74) is 2.92. The molecule has 5 rings (SSSR count). The number of nitrogens with one attached hydrogen (secondary N) is 1. The van der Waals surface area contributed by atoms with Gasteiger partial charge in [-0.3, -0.25) is 14.5 Å². The van der Waals surface area contributed by atoms with Gasteiger partial charge in [0.1, 0.15) is 11.5 Å². The van der Waals surface area contributed by atoms with Crippen LogP contribution in [-0.2, 0) is 9.59 Å². The highest BCUT2D eigenvalue weighted by molar-refractivity contribution is 6.52. The van der Waals surface area contributed by atoms with E-state index in [1.807, 2.05) is 31.2 Å². The highest BCUT2D eigenvalue weighted by Crippen LogP contribution is 2.46. The number of nitrogens with zero attached hydrogens (tertiary/aromatic N) is 1. The van der Waals surface area contributed by atoms with Crippen LogP contribution in [0.5, 0.6) is 5.75 Å². The van der Waals surface area contributed by atoms with Crippen LogP contribution in [0.4, 0.5) is 5.69 Å². The second kappa shape index (κ2) is 8.80. The van der Waals surface area contributed by atoms with Gasteiger partial charge in [-0.25, -0.2) is 0 Å². The molecule has 0 radical (unpaired) electrons. The van der Waals surface area contributed by atoms with E-state index in [2.05, 4.69) is 4.98 Å². The van der Waals surface area contributed by atoms with Crippen LogP contribution < -0.4 is 9.64 Å². The Morgan fingerprint density at radius 1 is 1.03 bits per heavy atom. The highest BCUT2D eigenvalue weighted by atomic mass is 35.5. The Hall–Kier alpha value is -3.74. The van der Waals surface area contributed by atoms with E-state index in [0.29, 0.717) is 22.0 Å². The molecule has 1 aromatic heterocycles. The number of benzene rings is 3. The maximum Gasteiger partial charge on any atom is 0.300 e. The summed E-state index contributed by atoms with van der Waals surface area (Å²) in [5.74, 6) is -1.50. The number of hydrogen-bond acceptors (Lipinski definition) is 4. The third-order valence-corrected chi connectivity index (χ3v) is 6.78. The van der Waals surface area contributed by atoms with Gasteiger partial charge in [0.15, 0.2) is 0 Å². The predicted molar refractivity (Wildman–Crippen MR) is 137 cm³/mol. The van der Waals surface area contributed by atoms with Crippen LogP contribution >= 0.6 is 23.2 Å². The summed E-state index contributed by atoms with van der Waals surface area (Å²) in [6, 6.07) is 18.1. The Labute approximate surface area is 211 Å². The Morgan fingerprint density at radius 3 is 2.46 bits per heavy atom. The van der Waals surface area contributed by atoms with Gasteiger partial charge in [-0.15, -0.1) is 0 Å². The van der Waals surface area contributed by atoms with Gasteiger partial charge < -0.3 is 14.8 Å². The number of rotatable bonds is 4. The zero-order chi connectivity index (χ0) is 24.9. The maximum atomic E-state index is 13.5. The van der Waals surface area contributed by atoms with E-state index >= 15 is 0 Å². The van der Waals surface area contributed by atoms with Crippen molar-refractivity contribution in [2.45, 2.75) is 13.0 Å². The Balaban J connectivity index is 1.83. The summed E-state index contributed by atoms with van der Waals surface area (Å²) in [5, 5.41) is 13.0. The first-order chi connectivity index (χ1) is 16.8. The van der Waals surface area contributed by atoms with Crippen molar-refractivity contribution in [1.29, 1.82) is 0 Å². The molecule has 1 fully saturated rings. The van der Waals surface area contributed by atoms with Crippen LogP contribution in [0.1, 0.15) is 22.9 Å². The maximum absolute atomic E-state index is 13.5. The lowest BCUT2D eigenvalue weighted by atomic mass is 9.93. The summed E-state index contributed by atoms with van der Waals surface area (Å²) >= 11 is 12.5. The lowest BCUT2D eigenvalue weighted by Gasteiger charge is -2.26. The topological polar surface area (TPSA) is 82.6 Å². The van der Waals surface area contributed by atoms with Gasteiger partial charge in [0.2, 0.25) is 0 Å². The minimum absolute atomic E-state index is 0.0621. The van der Waals surface area contributed by atoms with E-state index < -0.39 is 17.7 Å². The second-order valence-electron chi connectivity index (χ2n) is 8.20. The molecule has 4 aromatic rings. The van der Waals surface area contributed by atoms with Gasteiger partial charge in [-0.2, -0.15) is 0 Å². The third-order valence-electron chi connectivity index (χ3n) is 6.19. The number of anilines is 1. The molecule has 3 aromatic carbocycles. The molecule has 1 atom stereocenters. The number of methoxy groups -OCH3 is 1. The van der Waals surface area contributed by atoms with E-state index in [9.17, 15) is 14.7 Å². The number of ether oxygens (including phenoxy) is 1. The number of halogens is 2. The van der Waals surface area contributed by atoms with Crippen LogP contribution in [-0.4, -0.2) is 28.9 Å². The quantitative estimate of drug-likeness (QED) is 0.190. The number of amides is 1. The third kappa shape index (κ3) is 3.75. The molecule has 1 aliphatic heterocycles. The molecule has 8 heteroatoms. The van der Waals surface area contributed by atoms with Crippen molar-refractivity contribution < 1.29 is 19.4 Å². The van der Waals surface area contributed by atoms with Crippen LogP contribution in [0, 0.1) is 6.92 Å². The number of aromatic amines is 1. The normalized spacial score (nSPS) is 17.4. The van der Waals surface area contributed by atoms with Gasteiger partial charge in [-0.05, 0) is 55.5 Å². The molecule has 176 valence electrons. The average Bonchev–Trinajstić information content (AvgIpc) is 3.32. The molecular weight excluding hydrogens is 487 g/mol. The lowest BCUT2D eigenvalue weighted by Crippen LogP contribution is -2.29. The van der Waals surface area contributed by atoms with Crippen LogP contribution in [0.3, 0.4) is 0 Å². The second-order valence-corrected chi connectivity index (χ2v) is 9.04. The summed E-state index contributed by atoms with van der Waals surface area (Å²) in [7, 11) is 1.49. The van der Waals surface area contributed by atoms with E-state index in [1.54, 1.807) is 36.4 Å². The number of H-pyrrole nitrogens is 1. The Kier molecular flexibility index (Phi) is 5.79. The largest absolute Gasteiger partial charge is 0.507 e. The predicted octanol–water partition coefficient (Wildman–Crippen LogP) is 6.42. The summed E-state index contributed by atoms with van der Waals surface area (Å²) in [4.78, 5) is 31.6. The number of aryl methyl sites for hydroxylation is 1. The first-order valence-electron chi connectivity index (χ1n) is 10.8. The van der Waals surface area contributed by atoms with Crippen molar-refractivity contribution in [1.82, 2.24) is 4.98 Å². The molecule has 0 spiro atoms. The fourth-order valence-corrected chi connectivity index (χ4v) is 4.92. The van der Waals surface area contributed by atoms with Crippen LogP contribution in [0.25, 0.3) is 16.7 Å².